The van der Waals surface area contributed by atoms with E-state index < -0.39 is 0 Å². The van der Waals surface area contributed by atoms with Crippen molar-refractivity contribution in [3.8, 4) is 0 Å². The molecule has 0 aromatic heterocycles. The first-order valence-electron chi connectivity index (χ1n) is 11.9. The van der Waals surface area contributed by atoms with Crippen LogP contribution in [-0.4, -0.2) is 13.1 Å². The molecule has 1 aliphatic rings. The summed E-state index contributed by atoms with van der Waals surface area (Å²) in [5, 5.41) is 0. The molecule has 2 nitrogen and oxygen atoms in total. The van der Waals surface area contributed by atoms with Gasteiger partial charge in [-0.2, -0.15) is 0 Å². The lowest BCUT2D eigenvalue weighted by Crippen LogP contribution is -2.04. The SMILES string of the molecule is CCCCCCCCCCCCCCCCCCC[C@@H]1C[C@H]1C(=O)OC. The van der Waals surface area contributed by atoms with Gasteiger partial charge in [0.05, 0.1) is 13.0 Å². The molecule has 1 aliphatic carbocycles. The van der Waals surface area contributed by atoms with Gasteiger partial charge in [-0.3, -0.25) is 4.79 Å². The Balaban J connectivity index is 1.67. The first-order chi connectivity index (χ1) is 12.8. The van der Waals surface area contributed by atoms with Gasteiger partial charge >= 0.3 is 5.97 Å². The highest BCUT2D eigenvalue weighted by molar-refractivity contribution is 5.75. The fraction of sp³-hybridized carbons (Fsp3) is 0.958. The number of carbonyl (C=O) groups is 1. The van der Waals surface area contributed by atoms with Crippen molar-refractivity contribution in [3.05, 3.63) is 0 Å². The maximum absolute atomic E-state index is 11.3. The summed E-state index contributed by atoms with van der Waals surface area (Å²) in [4.78, 5) is 11.3. The van der Waals surface area contributed by atoms with E-state index >= 15 is 0 Å². The molecule has 0 radical (unpaired) electrons. The number of carbonyl (C=O) groups excluding carboxylic acids is 1. The minimum atomic E-state index is 0.0157. The molecule has 0 amide bonds. The summed E-state index contributed by atoms with van der Waals surface area (Å²) < 4.78 is 4.80. The average Bonchev–Trinajstić information content (AvgIpc) is 3.43. The second-order valence-electron chi connectivity index (χ2n) is 8.57. The first-order valence-corrected chi connectivity index (χ1v) is 11.9. The molecule has 1 saturated carbocycles. The summed E-state index contributed by atoms with van der Waals surface area (Å²) >= 11 is 0. The monoisotopic (exact) mass is 366 g/mol. The minimum Gasteiger partial charge on any atom is -0.469 e. The van der Waals surface area contributed by atoms with Gasteiger partial charge in [0.15, 0.2) is 0 Å². The third-order valence-electron chi connectivity index (χ3n) is 6.10. The average molecular weight is 367 g/mol. The van der Waals surface area contributed by atoms with Crippen LogP contribution in [0.1, 0.15) is 129 Å². The summed E-state index contributed by atoms with van der Waals surface area (Å²) in [6, 6.07) is 0. The summed E-state index contributed by atoms with van der Waals surface area (Å²) in [6.45, 7) is 2.29. The van der Waals surface area contributed by atoms with Crippen LogP contribution in [0.3, 0.4) is 0 Å². The van der Waals surface area contributed by atoms with Crippen LogP contribution < -0.4 is 0 Å². The zero-order valence-electron chi connectivity index (χ0n) is 17.9. The topological polar surface area (TPSA) is 26.3 Å². The van der Waals surface area contributed by atoms with Crippen LogP contribution >= 0.6 is 0 Å². The predicted molar refractivity (Wildman–Crippen MR) is 112 cm³/mol. The van der Waals surface area contributed by atoms with Crippen molar-refractivity contribution in [3.63, 3.8) is 0 Å². The van der Waals surface area contributed by atoms with Gasteiger partial charge in [-0.15, -0.1) is 0 Å². The van der Waals surface area contributed by atoms with Crippen molar-refractivity contribution in [2.45, 2.75) is 129 Å². The van der Waals surface area contributed by atoms with Crippen LogP contribution in [0.25, 0.3) is 0 Å². The van der Waals surface area contributed by atoms with Crippen molar-refractivity contribution in [1.82, 2.24) is 0 Å². The molecule has 0 aromatic carbocycles. The van der Waals surface area contributed by atoms with E-state index in [2.05, 4.69) is 6.92 Å². The van der Waals surface area contributed by atoms with Crippen LogP contribution in [0, 0.1) is 11.8 Å². The van der Waals surface area contributed by atoms with E-state index in [0.29, 0.717) is 5.92 Å². The summed E-state index contributed by atoms with van der Waals surface area (Å²) in [5.41, 5.74) is 0. The fourth-order valence-electron chi connectivity index (χ4n) is 4.14. The predicted octanol–water partition coefficient (Wildman–Crippen LogP) is 7.84. The van der Waals surface area contributed by atoms with Crippen molar-refractivity contribution in [1.29, 1.82) is 0 Å². The zero-order valence-corrected chi connectivity index (χ0v) is 17.9. The molecule has 1 rings (SSSR count). The second kappa shape index (κ2) is 16.6. The Bertz CT molecular complexity index is 326. The third-order valence-corrected chi connectivity index (χ3v) is 6.10. The molecule has 0 bridgehead atoms. The van der Waals surface area contributed by atoms with E-state index in [9.17, 15) is 4.79 Å². The smallest absolute Gasteiger partial charge is 0.308 e. The minimum absolute atomic E-state index is 0.0157. The Morgan fingerprint density at radius 3 is 1.46 bits per heavy atom. The van der Waals surface area contributed by atoms with E-state index in [1.54, 1.807) is 0 Å². The standard InChI is InChI=1S/C24H46O2/c1-3-4-5-6-7-8-9-10-11-12-13-14-15-16-17-18-19-20-22-21-23(22)24(25)26-2/h22-23H,3-21H2,1-2H3/t22-,23-/m1/s1. The number of esters is 1. The highest BCUT2D eigenvalue weighted by Crippen LogP contribution is 2.43. The molecule has 1 fully saturated rings. The van der Waals surface area contributed by atoms with E-state index in [-0.39, 0.29) is 11.9 Å². The van der Waals surface area contributed by atoms with Gasteiger partial charge in [0.1, 0.15) is 0 Å². The summed E-state index contributed by atoms with van der Waals surface area (Å²) in [6.07, 6.45) is 26.5. The van der Waals surface area contributed by atoms with E-state index in [0.717, 1.165) is 6.42 Å². The highest BCUT2D eigenvalue weighted by atomic mass is 16.5. The number of methoxy groups -OCH3 is 1. The number of unbranched alkanes of at least 4 members (excludes halogenated alkanes) is 16. The van der Waals surface area contributed by atoms with Crippen LogP contribution in [0.2, 0.25) is 0 Å². The molecule has 0 spiro atoms. The van der Waals surface area contributed by atoms with Gasteiger partial charge in [0.2, 0.25) is 0 Å². The van der Waals surface area contributed by atoms with E-state index in [1.807, 2.05) is 0 Å². The molecular weight excluding hydrogens is 320 g/mol. The first kappa shape index (κ1) is 23.5. The van der Waals surface area contributed by atoms with Gasteiger partial charge < -0.3 is 4.74 Å². The van der Waals surface area contributed by atoms with Gasteiger partial charge in [0.25, 0.3) is 0 Å². The molecule has 0 aliphatic heterocycles. The molecule has 154 valence electrons. The summed E-state index contributed by atoms with van der Waals surface area (Å²) in [7, 11) is 1.51. The van der Waals surface area contributed by atoms with E-state index in [4.69, 9.17) is 4.74 Å². The molecule has 26 heavy (non-hydrogen) atoms. The molecular formula is C24H46O2. The number of hydrogen-bond donors (Lipinski definition) is 0. The normalized spacial score (nSPS) is 18.8. The zero-order chi connectivity index (χ0) is 18.9. The van der Waals surface area contributed by atoms with Gasteiger partial charge in [0, 0.05) is 0 Å². The van der Waals surface area contributed by atoms with Crippen LogP contribution in [-0.2, 0) is 9.53 Å². The Hall–Kier alpha value is -0.530. The molecule has 2 atom stereocenters. The number of ether oxygens (including phenoxy) is 1. The molecule has 0 heterocycles. The van der Waals surface area contributed by atoms with Crippen LogP contribution in [0.15, 0.2) is 0 Å². The summed E-state index contributed by atoms with van der Waals surface area (Å²) in [5.74, 6) is 0.891. The lowest BCUT2D eigenvalue weighted by atomic mass is 10.0. The largest absolute Gasteiger partial charge is 0.469 e. The lowest BCUT2D eigenvalue weighted by molar-refractivity contribution is -0.142. The second-order valence-corrected chi connectivity index (χ2v) is 8.57. The Kier molecular flexibility index (Phi) is 15.0. The molecule has 0 aromatic rings. The Morgan fingerprint density at radius 2 is 1.08 bits per heavy atom. The molecule has 2 heteroatoms. The highest BCUT2D eigenvalue weighted by Gasteiger charge is 2.42. The van der Waals surface area contributed by atoms with Crippen molar-refractivity contribution in [2.75, 3.05) is 7.11 Å². The molecule has 0 saturated heterocycles. The maximum atomic E-state index is 11.3. The third kappa shape index (κ3) is 12.8. The maximum Gasteiger partial charge on any atom is 0.308 e. The number of hydrogen-bond acceptors (Lipinski definition) is 2. The van der Waals surface area contributed by atoms with E-state index in [1.165, 1.54) is 123 Å². The number of rotatable bonds is 19. The Morgan fingerprint density at radius 1 is 0.692 bits per heavy atom. The lowest BCUT2D eigenvalue weighted by Gasteiger charge is -2.04. The van der Waals surface area contributed by atoms with Crippen LogP contribution in [0.5, 0.6) is 0 Å². The van der Waals surface area contributed by atoms with Crippen LogP contribution in [0.4, 0.5) is 0 Å². The quantitative estimate of drug-likeness (QED) is 0.172. The van der Waals surface area contributed by atoms with Crippen molar-refractivity contribution < 1.29 is 9.53 Å². The van der Waals surface area contributed by atoms with Gasteiger partial charge in [-0.1, -0.05) is 116 Å². The fourth-order valence-corrected chi connectivity index (χ4v) is 4.14. The van der Waals surface area contributed by atoms with Crippen molar-refractivity contribution >= 4 is 5.97 Å². The Labute approximate surface area is 163 Å². The van der Waals surface area contributed by atoms with Gasteiger partial charge in [-0.05, 0) is 18.8 Å². The van der Waals surface area contributed by atoms with Gasteiger partial charge in [-0.25, -0.2) is 0 Å². The molecule has 0 N–H and O–H groups in total. The molecule has 0 unspecified atom stereocenters. The van der Waals surface area contributed by atoms with Crippen molar-refractivity contribution in [2.24, 2.45) is 11.8 Å².